The fourth-order valence-corrected chi connectivity index (χ4v) is 9.58. The second-order valence-corrected chi connectivity index (χ2v) is 17.9. The first kappa shape index (κ1) is 43.0. The summed E-state index contributed by atoms with van der Waals surface area (Å²) in [7, 11) is 0. The second kappa shape index (κ2) is 23.1. The summed E-state index contributed by atoms with van der Waals surface area (Å²) in [6.07, 6.45) is 37.1. The Balaban J connectivity index is 1.07. The highest BCUT2D eigenvalue weighted by molar-refractivity contribution is 5.45. The van der Waals surface area contributed by atoms with Crippen molar-refractivity contribution in [3.63, 3.8) is 0 Å². The fourth-order valence-electron chi connectivity index (χ4n) is 9.58. The molecule has 0 radical (unpaired) electrons. The van der Waals surface area contributed by atoms with Crippen LogP contribution in [0.3, 0.4) is 0 Å². The number of rotatable bonds is 22. The van der Waals surface area contributed by atoms with Crippen molar-refractivity contribution in [2.45, 2.75) is 194 Å². The molecule has 2 fully saturated rings. The summed E-state index contributed by atoms with van der Waals surface area (Å²) in [5, 5.41) is 0. The van der Waals surface area contributed by atoms with Gasteiger partial charge in [-0.05, 0) is 160 Å². The van der Waals surface area contributed by atoms with E-state index in [9.17, 15) is 0 Å². The number of unbranched alkanes of at least 4 members (excludes halogenated alkanes) is 6. The predicted molar refractivity (Wildman–Crippen MR) is 238 cm³/mol. The van der Waals surface area contributed by atoms with Gasteiger partial charge in [0.25, 0.3) is 0 Å². The van der Waals surface area contributed by atoms with Crippen LogP contribution in [-0.2, 0) is 38.5 Å². The zero-order valence-electron chi connectivity index (χ0n) is 36.3. The molecular formula is C52H74N4O. The fraction of sp³-hybridized carbons (Fsp3) is 0.615. The third-order valence-electron chi connectivity index (χ3n) is 13.1. The van der Waals surface area contributed by atoms with Gasteiger partial charge in [0.15, 0.2) is 0 Å². The van der Waals surface area contributed by atoms with Crippen LogP contribution in [0.2, 0.25) is 0 Å². The molecule has 0 spiro atoms. The van der Waals surface area contributed by atoms with Gasteiger partial charge in [0.05, 0.1) is 0 Å². The van der Waals surface area contributed by atoms with E-state index >= 15 is 0 Å². The molecule has 0 unspecified atom stereocenters. The van der Waals surface area contributed by atoms with Gasteiger partial charge in [0.2, 0.25) is 0 Å². The van der Waals surface area contributed by atoms with Gasteiger partial charge in [0.1, 0.15) is 23.1 Å². The minimum atomic E-state index is 0.481. The maximum atomic E-state index is 7.04. The van der Waals surface area contributed by atoms with Gasteiger partial charge in [-0.25, -0.2) is 19.9 Å². The van der Waals surface area contributed by atoms with Crippen molar-refractivity contribution < 1.29 is 4.74 Å². The highest BCUT2D eigenvalue weighted by Crippen LogP contribution is 2.41. The van der Waals surface area contributed by atoms with Crippen LogP contribution in [0.4, 0.5) is 0 Å². The zero-order valence-corrected chi connectivity index (χ0v) is 36.3. The van der Waals surface area contributed by atoms with Crippen LogP contribution in [0.15, 0.2) is 61.2 Å². The van der Waals surface area contributed by atoms with Crippen molar-refractivity contribution in [2.75, 3.05) is 0 Å². The Morgan fingerprint density at radius 2 is 0.842 bits per heavy atom. The number of hydrogen-bond acceptors (Lipinski definition) is 5. The lowest BCUT2D eigenvalue weighted by Gasteiger charge is -2.29. The van der Waals surface area contributed by atoms with Crippen LogP contribution in [0, 0.1) is 11.8 Å². The smallest absolute Gasteiger partial charge is 0.131 e. The van der Waals surface area contributed by atoms with Crippen LogP contribution in [0.1, 0.15) is 200 Å². The summed E-state index contributed by atoms with van der Waals surface area (Å²) >= 11 is 0. The maximum absolute atomic E-state index is 7.04. The van der Waals surface area contributed by atoms with Gasteiger partial charge in [0, 0.05) is 36.6 Å². The van der Waals surface area contributed by atoms with E-state index in [-0.39, 0.29) is 0 Å². The summed E-state index contributed by atoms with van der Waals surface area (Å²) in [6.45, 7) is 9.10. The van der Waals surface area contributed by atoms with Gasteiger partial charge >= 0.3 is 0 Å². The molecule has 5 heteroatoms. The number of aromatic nitrogens is 4. The summed E-state index contributed by atoms with van der Waals surface area (Å²) in [6, 6.07) is 14.1. The van der Waals surface area contributed by atoms with E-state index in [1.165, 1.54) is 136 Å². The normalized spacial score (nSPS) is 19.8. The molecule has 0 atom stereocenters. The third-order valence-corrected chi connectivity index (χ3v) is 13.1. The Bertz CT molecular complexity index is 1610. The summed E-state index contributed by atoms with van der Waals surface area (Å²) in [4.78, 5) is 19.5. The van der Waals surface area contributed by atoms with Crippen molar-refractivity contribution >= 4 is 0 Å². The third kappa shape index (κ3) is 13.2. The Labute approximate surface area is 346 Å². The molecule has 2 saturated carbocycles. The topological polar surface area (TPSA) is 60.8 Å². The van der Waals surface area contributed by atoms with Crippen molar-refractivity contribution in [1.82, 2.24) is 19.9 Å². The molecule has 57 heavy (non-hydrogen) atoms. The number of nitrogens with zero attached hydrogens (tertiary/aromatic N) is 4. The van der Waals surface area contributed by atoms with Crippen molar-refractivity contribution in [2.24, 2.45) is 11.8 Å². The number of aryl methyl sites for hydroxylation is 4. The van der Waals surface area contributed by atoms with E-state index < -0.39 is 0 Å². The summed E-state index contributed by atoms with van der Waals surface area (Å²) in [5.41, 5.74) is 8.19. The Morgan fingerprint density at radius 3 is 1.21 bits per heavy atom. The van der Waals surface area contributed by atoms with Crippen molar-refractivity contribution in [3.05, 3.63) is 106 Å². The lowest BCUT2D eigenvalue weighted by atomic mass is 9.78. The predicted octanol–water partition coefficient (Wildman–Crippen LogP) is 14.2. The first-order chi connectivity index (χ1) is 28.0. The summed E-state index contributed by atoms with van der Waals surface area (Å²) < 4.78 is 7.04. The lowest BCUT2D eigenvalue weighted by molar-refractivity contribution is 0.312. The molecule has 6 rings (SSSR count). The van der Waals surface area contributed by atoms with E-state index in [1.54, 1.807) is 0 Å². The molecule has 0 aliphatic heterocycles. The Morgan fingerprint density at radius 1 is 0.439 bits per heavy atom. The van der Waals surface area contributed by atoms with E-state index in [0.717, 1.165) is 74.5 Å². The zero-order chi connectivity index (χ0) is 39.7. The molecule has 0 amide bonds. The molecular weight excluding hydrogens is 697 g/mol. The second-order valence-electron chi connectivity index (χ2n) is 17.9. The average molecular weight is 771 g/mol. The SMILES string of the molecule is CCCCCCc1cnc([C@H]2CC[C@H](Cc3cc(CCC)ccc3Oc3ccc(CCC)cc3C[C@H]3CC[C@H](c4ncc(CCCCCC)cn4)CC3)CC2)nc1. The first-order valence-corrected chi connectivity index (χ1v) is 23.6. The molecule has 0 bridgehead atoms. The largest absolute Gasteiger partial charge is 0.457 e. The van der Waals surface area contributed by atoms with Crippen LogP contribution in [-0.4, -0.2) is 19.9 Å². The Kier molecular flexibility index (Phi) is 17.4. The van der Waals surface area contributed by atoms with Gasteiger partial charge in [-0.1, -0.05) is 103 Å². The van der Waals surface area contributed by atoms with Crippen LogP contribution < -0.4 is 4.74 Å². The number of benzene rings is 2. The first-order valence-electron chi connectivity index (χ1n) is 23.6. The standard InChI is InChI=1S/C52H74N4O/c1-5-9-11-13-17-43-35-53-51(54-36-43)45-25-19-41(20-26-45)33-47-31-39(15-7-3)23-29-49(47)57-50-30-24-40(16-8-4)32-48(50)34-42-21-27-46(28-22-42)52-55-37-44(38-56-52)18-14-12-10-6-2/h23-24,29-32,35-38,41-42,45-46H,5-22,25-28,33-34H2,1-4H3/t41-,42-,45-,46-. The van der Waals surface area contributed by atoms with Gasteiger partial charge in [-0.15, -0.1) is 0 Å². The average Bonchev–Trinajstić information content (AvgIpc) is 3.24. The molecule has 5 nitrogen and oxygen atoms in total. The number of hydrogen-bond donors (Lipinski definition) is 0. The van der Waals surface area contributed by atoms with E-state index in [2.05, 4.69) is 88.9 Å². The van der Waals surface area contributed by atoms with Crippen LogP contribution >= 0.6 is 0 Å². The Hall–Kier alpha value is -3.60. The van der Waals surface area contributed by atoms with E-state index in [4.69, 9.17) is 24.7 Å². The highest BCUT2D eigenvalue weighted by atomic mass is 16.5. The molecule has 0 N–H and O–H groups in total. The molecule has 2 aliphatic rings. The minimum Gasteiger partial charge on any atom is -0.457 e. The van der Waals surface area contributed by atoms with E-state index in [0.29, 0.717) is 23.7 Å². The monoisotopic (exact) mass is 771 g/mol. The molecule has 2 aliphatic carbocycles. The number of ether oxygens (including phenoxy) is 1. The van der Waals surface area contributed by atoms with Crippen molar-refractivity contribution in [3.8, 4) is 11.5 Å². The van der Waals surface area contributed by atoms with Crippen molar-refractivity contribution in [1.29, 1.82) is 0 Å². The molecule has 308 valence electrons. The molecule has 2 aromatic carbocycles. The molecule has 4 aromatic rings. The minimum absolute atomic E-state index is 0.481. The maximum Gasteiger partial charge on any atom is 0.131 e. The van der Waals surface area contributed by atoms with E-state index in [1.807, 2.05) is 0 Å². The highest BCUT2D eigenvalue weighted by Gasteiger charge is 2.27. The quantitative estimate of drug-likeness (QED) is 0.0745. The molecule has 2 aromatic heterocycles. The molecule has 0 saturated heterocycles. The van der Waals surface area contributed by atoms with Crippen LogP contribution in [0.25, 0.3) is 0 Å². The van der Waals surface area contributed by atoms with Gasteiger partial charge in [-0.2, -0.15) is 0 Å². The van der Waals surface area contributed by atoms with Gasteiger partial charge in [-0.3, -0.25) is 0 Å². The molecule has 2 heterocycles. The van der Waals surface area contributed by atoms with Crippen LogP contribution in [0.5, 0.6) is 11.5 Å². The van der Waals surface area contributed by atoms with Gasteiger partial charge < -0.3 is 4.74 Å². The lowest BCUT2D eigenvalue weighted by Crippen LogP contribution is -2.18. The summed E-state index contributed by atoms with van der Waals surface area (Å²) in [5.74, 6) is 6.50.